The summed E-state index contributed by atoms with van der Waals surface area (Å²) in [6, 6.07) is 13.8. The molecular formula is C22H19N3O3. The van der Waals surface area contributed by atoms with Gasteiger partial charge in [0, 0.05) is 6.20 Å². The minimum Gasteiger partial charge on any atom is -0.368 e. The molecule has 1 unspecified atom stereocenters. The van der Waals surface area contributed by atoms with Crippen molar-refractivity contribution in [3.63, 3.8) is 0 Å². The van der Waals surface area contributed by atoms with Crippen molar-refractivity contribution in [1.29, 1.82) is 0 Å². The fraction of sp³-hybridized carbons (Fsp3) is 0.227. The van der Waals surface area contributed by atoms with E-state index in [1.54, 1.807) is 23.2 Å². The molecule has 3 heterocycles. The van der Waals surface area contributed by atoms with Crippen LogP contribution in [0.15, 0.2) is 54.7 Å². The summed E-state index contributed by atoms with van der Waals surface area (Å²) in [5.41, 5.74) is 9.19. The fourth-order valence-corrected chi connectivity index (χ4v) is 4.83. The van der Waals surface area contributed by atoms with E-state index in [1.807, 2.05) is 49.4 Å². The third-order valence-corrected chi connectivity index (χ3v) is 6.05. The molecule has 3 amide bonds. The first-order valence-corrected chi connectivity index (χ1v) is 9.27. The largest absolute Gasteiger partial charge is 0.368 e. The number of amides is 3. The van der Waals surface area contributed by atoms with Gasteiger partial charge in [0.1, 0.15) is 6.04 Å². The molecule has 3 aliphatic heterocycles. The third-order valence-electron chi connectivity index (χ3n) is 6.05. The number of hydrogen-bond acceptors (Lipinski definition) is 4. The Morgan fingerprint density at radius 3 is 2.36 bits per heavy atom. The minimum atomic E-state index is -0.841. The molecule has 2 saturated heterocycles. The number of nitrogens with two attached hydrogens (primary N) is 1. The lowest BCUT2D eigenvalue weighted by Gasteiger charge is -2.34. The zero-order valence-electron chi connectivity index (χ0n) is 15.3. The molecule has 0 radical (unpaired) electrons. The highest BCUT2D eigenvalue weighted by Gasteiger charge is 2.64. The predicted molar refractivity (Wildman–Crippen MR) is 104 cm³/mol. The number of rotatable bonds is 2. The topological polar surface area (TPSA) is 83.7 Å². The van der Waals surface area contributed by atoms with Crippen molar-refractivity contribution in [1.82, 2.24) is 4.90 Å². The second-order valence-corrected chi connectivity index (χ2v) is 7.58. The van der Waals surface area contributed by atoms with E-state index in [-0.39, 0.29) is 17.9 Å². The van der Waals surface area contributed by atoms with E-state index in [2.05, 4.69) is 0 Å². The lowest BCUT2D eigenvalue weighted by Crippen LogP contribution is -2.46. The summed E-state index contributed by atoms with van der Waals surface area (Å²) in [6.07, 6.45) is 3.69. The quantitative estimate of drug-likeness (QED) is 0.816. The Hall–Kier alpha value is -3.41. The number of fused-ring (bicyclic) bond motifs is 5. The molecule has 6 heteroatoms. The molecule has 4 atom stereocenters. The molecule has 0 spiro atoms. The van der Waals surface area contributed by atoms with Gasteiger partial charge in [0.05, 0.1) is 23.6 Å². The molecule has 2 aromatic carbocycles. The summed E-state index contributed by atoms with van der Waals surface area (Å²) in [7, 11) is 0. The van der Waals surface area contributed by atoms with Gasteiger partial charge in [0.25, 0.3) is 0 Å². The maximum Gasteiger partial charge on any atom is 0.240 e. The molecular weight excluding hydrogens is 354 g/mol. The van der Waals surface area contributed by atoms with Crippen LogP contribution in [0.25, 0.3) is 6.08 Å². The minimum absolute atomic E-state index is 0.275. The summed E-state index contributed by atoms with van der Waals surface area (Å²) < 4.78 is 0. The zero-order chi connectivity index (χ0) is 19.6. The smallest absolute Gasteiger partial charge is 0.240 e. The van der Waals surface area contributed by atoms with Gasteiger partial charge in [-0.3, -0.25) is 14.4 Å². The number of anilines is 1. The lowest BCUT2D eigenvalue weighted by molar-refractivity contribution is -0.129. The van der Waals surface area contributed by atoms with E-state index in [4.69, 9.17) is 5.73 Å². The van der Waals surface area contributed by atoms with E-state index in [9.17, 15) is 14.4 Å². The first-order chi connectivity index (χ1) is 13.5. The van der Waals surface area contributed by atoms with Gasteiger partial charge < -0.3 is 10.6 Å². The maximum atomic E-state index is 13.4. The van der Waals surface area contributed by atoms with Crippen molar-refractivity contribution >= 4 is 29.5 Å². The Kier molecular flexibility index (Phi) is 3.46. The van der Waals surface area contributed by atoms with Crippen molar-refractivity contribution in [2.24, 2.45) is 17.6 Å². The number of imide groups is 1. The van der Waals surface area contributed by atoms with Crippen LogP contribution < -0.4 is 10.6 Å². The number of carbonyl (C=O) groups excluding carboxylic acids is 3. The molecule has 140 valence electrons. The summed E-state index contributed by atoms with van der Waals surface area (Å²) in [5.74, 6) is -2.65. The molecule has 2 N–H and O–H groups in total. The van der Waals surface area contributed by atoms with Gasteiger partial charge in [0.2, 0.25) is 17.7 Å². The van der Waals surface area contributed by atoms with Gasteiger partial charge in [0.15, 0.2) is 0 Å². The molecule has 2 aromatic rings. The summed E-state index contributed by atoms with van der Waals surface area (Å²) in [5, 5.41) is 0. The SMILES string of the molecule is Cc1ccc(N2C(=O)[C@@H]3[C@H](C2=O)C2c4ccccc4C=CN2[C@@H]3C(N)=O)cc1. The predicted octanol–water partition coefficient (Wildman–Crippen LogP) is 2.00. The molecule has 0 aromatic heterocycles. The average Bonchev–Trinajstić information content (AvgIpc) is 3.16. The summed E-state index contributed by atoms with van der Waals surface area (Å²) in [4.78, 5) is 42.1. The summed E-state index contributed by atoms with van der Waals surface area (Å²) >= 11 is 0. The van der Waals surface area contributed by atoms with Gasteiger partial charge in [-0.2, -0.15) is 0 Å². The fourth-order valence-electron chi connectivity index (χ4n) is 4.83. The van der Waals surface area contributed by atoms with E-state index in [0.717, 1.165) is 16.7 Å². The van der Waals surface area contributed by atoms with Crippen LogP contribution in [0.4, 0.5) is 5.69 Å². The number of carbonyl (C=O) groups is 3. The number of primary amides is 1. The van der Waals surface area contributed by atoms with Gasteiger partial charge >= 0.3 is 0 Å². The van der Waals surface area contributed by atoms with Gasteiger partial charge in [-0.1, -0.05) is 42.0 Å². The second kappa shape index (κ2) is 5.79. The third kappa shape index (κ3) is 2.11. The van der Waals surface area contributed by atoms with Crippen LogP contribution in [-0.4, -0.2) is 28.7 Å². The highest BCUT2D eigenvalue weighted by Crippen LogP contribution is 2.52. The number of hydrogen-bond donors (Lipinski definition) is 1. The van der Waals surface area contributed by atoms with E-state index in [0.29, 0.717) is 5.69 Å². The Balaban J connectivity index is 1.65. The van der Waals surface area contributed by atoms with Crippen LogP contribution in [0, 0.1) is 18.8 Å². The van der Waals surface area contributed by atoms with Crippen molar-refractivity contribution in [2.45, 2.75) is 19.0 Å². The first-order valence-electron chi connectivity index (χ1n) is 9.27. The molecule has 0 aliphatic carbocycles. The van der Waals surface area contributed by atoms with Crippen LogP contribution >= 0.6 is 0 Å². The van der Waals surface area contributed by atoms with Crippen molar-refractivity contribution in [3.8, 4) is 0 Å². The Morgan fingerprint density at radius 2 is 1.64 bits per heavy atom. The molecule has 3 aliphatic rings. The van der Waals surface area contributed by atoms with Crippen LogP contribution in [-0.2, 0) is 14.4 Å². The highest BCUT2D eigenvalue weighted by atomic mass is 16.2. The highest BCUT2D eigenvalue weighted by molar-refractivity contribution is 6.24. The molecule has 0 saturated carbocycles. The van der Waals surface area contributed by atoms with Gasteiger partial charge in [-0.15, -0.1) is 0 Å². The van der Waals surface area contributed by atoms with Crippen LogP contribution in [0.1, 0.15) is 22.7 Å². The van der Waals surface area contributed by atoms with Gasteiger partial charge in [-0.05, 0) is 36.3 Å². The van der Waals surface area contributed by atoms with Crippen LogP contribution in [0.5, 0.6) is 0 Å². The van der Waals surface area contributed by atoms with Crippen molar-refractivity contribution in [2.75, 3.05) is 4.90 Å². The Bertz CT molecular complexity index is 1040. The van der Waals surface area contributed by atoms with E-state index in [1.165, 1.54) is 4.90 Å². The molecule has 0 bridgehead atoms. The Labute approximate surface area is 162 Å². The van der Waals surface area contributed by atoms with Crippen LogP contribution in [0.2, 0.25) is 0 Å². The lowest BCUT2D eigenvalue weighted by atomic mass is 9.84. The number of aryl methyl sites for hydroxylation is 1. The monoisotopic (exact) mass is 373 g/mol. The molecule has 2 fully saturated rings. The normalized spacial score (nSPS) is 27.6. The standard InChI is InChI=1S/C22H19N3O3/c1-12-6-8-14(9-7-12)25-21(27)16-17(22(25)28)19(20(23)26)24-11-10-13-4-2-3-5-15(13)18(16)24/h2-11,16-19H,1H3,(H2,23,26)/t16-,17+,18?,19-/m0/s1. The Morgan fingerprint density at radius 1 is 0.964 bits per heavy atom. The molecule has 6 nitrogen and oxygen atoms in total. The first kappa shape index (κ1) is 16.7. The maximum absolute atomic E-state index is 13.4. The van der Waals surface area contributed by atoms with Crippen LogP contribution in [0.3, 0.4) is 0 Å². The summed E-state index contributed by atoms with van der Waals surface area (Å²) in [6.45, 7) is 1.94. The van der Waals surface area contributed by atoms with E-state index >= 15 is 0 Å². The van der Waals surface area contributed by atoms with E-state index < -0.39 is 23.8 Å². The van der Waals surface area contributed by atoms with Crippen molar-refractivity contribution < 1.29 is 14.4 Å². The number of benzene rings is 2. The zero-order valence-corrected chi connectivity index (χ0v) is 15.3. The van der Waals surface area contributed by atoms with Crippen molar-refractivity contribution in [3.05, 3.63) is 71.4 Å². The number of nitrogens with zero attached hydrogens (tertiary/aromatic N) is 2. The molecule has 5 rings (SSSR count). The second-order valence-electron chi connectivity index (χ2n) is 7.58. The van der Waals surface area contributed by atoms with Gasteiger partial charge in [-0.25, -0.2) is 4.90 Å². The molecule has 28 heavy (non-hydrogen) atoms. The average molecular weight is 373 g/mol.